The smallest absolute Gasteiger partial charge is 0.420 e. The van der Waals surface area contributed by atoms with Crippen molar-refractivity contribution in [3.8, 4) is 0 Å². The largest absolute Gasteiger partial charge is 0.449 e. The van der Waals surface area contributed by atoms with Gasteiger partial charge >= 0.3 is 6.09 Å². The molecular formula is C8H15NO4S. The van der Waals surface area contributed by atoms with Crippen LogP contribution in [0.5, 0.6) is 0 Å². The second kappa shape index (κ2) is 5.64. The fourth-order valence-electron chi connectivity index (χ4n) is 0.647. The summed E-state index contributed by atoms with van der Waals surface area (Å²) in [5.41, 5.74) is 0.749. The average molecular weight is 221 g/mol. The molecule has 14 heavy (non-hydrogen) atoms. The first-order valence-corrected chi connectivity index (χ1v) is 5.84. The van der Waals surface area contributed by atoms with E-state index in [1.54, 1.807) is 18.6 Å². The zero-order chi connectivity index (χ0) is 11.2. The van der Waals surface area contributed by atoms with Gasteiger partial charge in [0.25, 0.3) is 0 Å². The molecule has 0 saturated carbocycles. The van der Waals surface area contributed by atoms with Gasteiger partial charge in [0, 0.05) is 0 Å². The van der Waals surface area contributed by atoms with Crippen molar-refractivity contribution in [2.24, 2.45) is 0 Å². The second-order valence-electron chi connectivity index (χ2n) is 2.85. The summed E-state index contributed by atoms with van der Waals surface area (Å²) in [5.74, 6) is -0.152. The van der Waals surface area contributed by atoms with Crippen molar-refractivity contribution in [3.05, 3.63) is 12.2 Å². The molecule has 82 valence electrons. The van der Waals surface area contributed by atoms with Gasteiger partial charge in [-0.1, -0.05) is 5.57 Å². The third-order valence-corrected chi connectivity index (χ3v) is 2.53. The monoisotopic (exact) mass is 221 g/mol. The van der Waals surface area contributed by atoms with E-state index in [4.69, 9.17) is 0 Å². The Morgan fingerprint density at radius 3 is 2.50 bits per heavy atom. The molecule has 0 heterocycles. The van der Waals surface area contributed by atoms with Crippen molar-refractivity contribution in [1.82, 2.24) is 4.72 Å². The van der Waals surface area contributed by atoms with E-state index in [1.165, 1.54) is 0 Å². The van der Waals surface area contributed by atoms with Gasteiger partial charge in [-0.15, -0.1) is 6.58 Å². The molecule has 0 rings (SSSR count). The average Bonchev–Trinajstić information content (AvgIpc) is 2.00. The zero-order valence-corrected chi connectivity index (χ0v) is 9.19. The Bertz CT molecular complexity index is 307. The quantitative estimate of drug-likeness (QED) is 0.704. The molecule has 0 aromatic rings. The summed E-state index contributed by atoms with van der Waals surface area (Å²) in [6, 6.07) is 0. The fourth-order valence-corrected chi connectivity index (χ4v) is 1.68. The topological polar surface area (TPSA) is 72.5 Å². The summed E-state index contributed by atoms with van der Waals surface area (Å²) in [6.45, 7) is 7.03. The molecule has 0 aliphatic rings. The van der Waals surface area contributed by atoms with E-state index in [0.29, 0.717) is 6.42 Å². The van der Waals surface area contributed by atoms with E-state index in [2.05, 4.69) is 11.3 Å². The minimum absolute atomic E-state index is 0.141. The molecule has 6 heteroatoms. The van der Waals surface area contributed by atoms with Gasteiger partial charge in [-0.25, -0.2) is 17.9 Å². The molecule has 0 atom stereocenters. The normalized spacial score (nSPS) is 10.7. The Hall–Kier alpha value is -1.04. The van der Waals surface area contributed by atoms with E-state index in [1.807, 2.05) is 0 Å². The Balaban J connectivity index is 4.08. The lowest BCUT2D eigenvalue weighted by atomic mass is 10.3. The number of rotatable bonds is 5. The van der Waals surface area contributed by atoms with Crippen LogP contribution in [-0.4, -0.2) is 26.9 Å². The summed E-state index contributed by atoms with van der Waals surface area (Å²) in [4.78, 5) is 10.8. The number of carbonyl (C=O) groups excluding carboxylic acids is 1. The third kappa shape index (κ3) is 6.47. The first-order chi connectivity index (χ1) is 6.37. The maximum atomic E-state index is 11.2. The lowest BCUT2D eigenvalue weighted by Crippen LogP contribution is -2.33. The molecule has 0 aromatic heterocycles. The maximum Gasteiger partial charge on any atom is 0.420 e. The molecule has 0 fully saturated rings. The lowest BCUT2D eigenvalue weighted by Gasteiger charge is -2.05. The predicted molar refractivity (Wildman–Crippen MR) is 53.4 cm³/mol. The highest BCUT2D eigenvalue weighted by molar-refractivity contribution is 7.90. The molecular weight excluding hydrogens is 206 g/mol. The highest BCUT2D eigenvalue weighted by atomic mass is 32.2. The fraction of sp³-hybridized carbons (Fsp3) is 0.625. The van der Waals surface area contributed by atoms with Crippen molar-refractivity contribution in [1.29, 1.82) is 0 Å². The number of carbonyl (C=O) groups is 1. The highest BCUT2D eigenvalue weighted by Gasteiger charge is 2.14. The number of hydrogen-bond acceptors (Lipinski definition) is 4. The maximum absolute atomic E-state index is 11.2. The van der Waals surface area contributed by atoms with Crippen molar-refractivity contribution in [3.63, 3.8) is 0 Å². The summed E-state index contributed by atoms with van der Waals surface area (Å²) in [5, 5.41) is 0. The van der Waals surface area contributed by atoms with E-state index in [9.17, 15) is 13.2 Å². The zero-order valence-electron chi connectivity index (χ0n) is 8.37. The minimum Gasteiger partial charge on any atom is -0.449 e. The number of nitrogens with one attached hydrogen (secondary N) is 1. The molecule has 1 amide bonds. The first-order valence-electron chi connectivity index (χ1n) is 4.19. The first kappa shape index (κ1) is 13.0. The number of allylic oxidation sites excluding steroid dienone is 1. The van der Waals surface area contributed by atoms with Gasteiger partial charge in [0.2, 0.25) is 10.0 Å². The number of hydrogen-bond donors (Lipinski definition) is 1. The Morgan fingerprint density at radius 2 is 2.07 bits per heavy atom. The lowest BCUT2D eigenvalue weighted by molar-refractivity contribution is 0.158. The molecule has 1 N–H and O–H groups in total. The van der Waals surface area contributed by atoms with Gasteiger partial charge in [0.15, 0.2) is 0 Å². The van der Waals surface area contributed by atoms with Gasteiger partial charge in [0.05, 0.1) is 12.4 Å². The van der Waals surface area contributed by atoms with Gasteiger partial charge in [-0.3, -0.25) is 0 Å². The molecule has 0 bridgehead atoms. The van der Waals surface area contributed by atoms with Crippen LogP contribution < -0.4 is 4.72 Å². The van der Waals surface area contributed by atoms with Crippen molar-refractivity contribution in [2.45, 2.75) is 20.3 Å². The van der Waals surface area contributed by atoms with Crippen LogP contribution in [0.1, 0.15) is 20.3 Å². The summed E-state index contributed by atoms with van der Waals surface area (Å²) < 4.78 is 28.5. The Kier molecular flexibility index (Phi) is 5.22. The number of amides is 1. The van der Waals surface area contributed by atoms with Crippen LogP contribution in [0.25, 0.3) is 0 Å². The number of ether oxygens (including phenoxy) is 1. The highest BCUT2D eigenvalue weighted by Crippen LogP contribution is 1.98. The molecule has 0 aliphatic heterocycles. The molecule has 0 radical (unpaired) electrons. The summed E-state index contributed by atoms with van der Waals surface area (Å²) >= 11 is 0. The van der Waals surface area contributed by atoms with Crippen LogP contribution in [0.3, 0.4) is 0 Å². The van der Waals surface area contributed by atoms with E-state index < -0.39 is 16.1 Å². The van der Waals surface area contributed by atoms with Gasteiger partial charge in [-0.2, -0.15) is 0 Å². The van der Waals surface area contributed by atoms with E-state index >= 15 is 0 Å². The SMILES string of the molecule is C=C(C)CCS(=O)(=O)NC(=O)OCC. The van der Waals surface area contributed by atoms with E-state index in [-0.39, 0.29) is 12.4 Å². The Labute approximate surface area is 84.2 Å². The molecule has 0 unspecified atom stereocenters. The molecule has 0 aliphatic carbocycles. The van der Waals surface area contributed by atoms with Gasteiger partial charge in [-0.05, 0) is 20.3 Å². The van der Waals surface area contributed by atoms with Crippen molar-refractivity contribution >= 4 is 16.1 Å². The van der Waals surface area contributed by atoms with E-state index in [0.717, 1.165) is 5.57 Å². The van der Waals surface area contributed by atoms with Crippen LogP contribution in [0, 0.1) is 0 Å². The standard InChI is InChI=1S/C8H15NO4S/c1-4-13-8(10)9-14(11,12)6-5-7(2)3/h2,4-6H2,1,3H3,(H,9,10). The molecule has 5 nitrogen and oxygen atoms in total. The van der Waals surface area contributed by atoms with Crippen LogP contribution in [0.15, 0.2) is 12.2 Å². The van der Waals surface area contributed by atoms with Crippen molar-refractivity contribution < 1.29 is 17.9 Å². The van der Waals surface area contributed by atoms with Crippen molar-refractivity contribution in [2.75, 3.05) is 12.4 Å². The van der Waals surface area contributed by atoms with Gasteiger partial charge in [0.1, 0.15) is 0 Å². The minimum atomic E-state index is -3.58. The summed E-state index contributed by atoms with van der Waals surface area (Å²) in [6.07, 6.45) is -0.608. The van der Waals surface area contributed by atoms with Gasteiger partial charge < -0.3 is 4.74 Å². The van der Waals surface area contributed by atoms with Crippen LogP contribution in [-0.2, 0) is 14.8 Å². The van der Waals surface area contributed by atoms with Crippen LogP contribution in [0.4, 0.5) is 4.79 Å². The summed E-state index contributed by atoms with van der Waals surface area (Å²) in [7, 11) is -3.58. The van der Waals surface area contributed by atoms with Crippen LogP contribution >= 0.6 is 0 Å². The molecule has 0 saturated heterocycles. The Morgan fingerprint density at radius 1 is 1.50 bits per heavy atom. The predicted octanol–water partition coefficient (Wildman–Crippen LogP) is 1.03. The second-order valence-corrected chi connectivity index (χ2v) is 4.69. The number of sulfonamides is 1. The molecule has 0 spiro atoms. The van der Waals surface area contributed by atoms with Crippen LogP contribution in [0.2, 0.25) is 0 Å². The molecule has 0 aromatic carbocycles. The third-order valence-electron chi connectivity index (χ3n) is 1.31.